The molecule has 70 heavy (non-hydrogen) atoms. The minimum absolute atomic E-state index is 0.00460. The number of fused-ring (bicyclic) bond motifs is 7. The summed E-state index contributed by atoms with van der Waals surface area (Å²) < 4.78 is 0. The zero-order valence-corrected chi connectivity index (χ0v) is 42.9. The standard InChI is InChI=1S/C66H66BN3/c1-43-36-44(2)62-54(37-43)65(9)34-17-18-35-66(65,10)70(62)53-41-59-61-60(42-53)69(52-25-19-24-49(39-52)63(3,4)5)58-40-50(64(6,7)8)29-32-55(58)67(61)56-38-48(46-22-15-12-16-23-46)28-33-57(56)68(59)51-30-26-47(27-31-51)45-20-13-11-14-21-45/h11-16,19-33,36-42H,17-18,34-35H2,1-10H3. The third-order valence-corrected chi connectivity index (χ3v) is 17.0. The highest BCUT2D eigenvalue weighted by Crippen LogP contribution is 2.63. The average molecular weight is 912 g/mol. The van der Waals surface area contributed by atoms with Crippen LogP contribution in [0.25, 0.3) is 22.3 Å². The quantitative estimate of drug-likeness (QED) is 0.159. The molecule has 1 aliphatic carbocycles. The topological polar surface area (TPSA) is 9.72 Å². The fourth-order valence-electron chi connectivity index (χ4n) is 13.1. The number of aryl methyl sites for hydroxylation is 2. The molecule has 348 valence electrons. The van der Waals surface area contributed by atoms with Gasteiger partial charge >= 0.3 is 0 Å². The van der Waals surface area contributed by atoms with Gasteiger partial charge < -0.3 is 14.7 Å². The Bertz CT molecular complexity index is 3360. The summed E-state index contributed by atoms with van der Waals surface area (Å²) in [5.74, 6) is 0. The molecule has 2 unspecified atom stereocenters. The van der Waals surface area contributed by atoms with Crippen LogP contribution in [0.4, 0.5) is 45.5 Å². The highest BCUT2D eigenvalue weighted by atomic mass is 15.3. The van der Waals surface area contributed by atoms with Crippen LogP contribution in [0.3, 0.4) is 0 Å². The molecule has 8 aromatic carbocycles. The van der Waals surface area contributed by atoms with E-state index in [9.17, 15) is 0 Å². The molecule has 4 aliphatic rings. The van der Waals surface area contributed by atoms with Crippen molar-refractivity contribution in [3.8, 4) is 22.3 Å². The largest absolute Gasteiger partial charge is 0.334 e. The maximum absolute atomic E-state index is 2.83. The molecule has 3 nitrogen and oxygen atoms in total. The molecule has 3 heterocycles. The third kappa shape index (κ3) is 6.76. The Kier molecular flexibility index (Phi) is 10.1. The van der Waals surface area contributed by atoms with E-state index in [0.717, 1.165) is 12.1 Å². The first-order valence-electron chi connectivity index (χ1n) is 25.8. The van der Waals surface area contributed by atoms with Crippen molar-refractivity contribution >= 4 is 68.6 Å². The van der Waals surface area contributed by atoms with E-state index in [1.54, 1.807) is 0 Å². The summed E-state index contributed by atoms with van der Waals surface area (Å²) in [7, 11) is 0. The van der Waals surface area contributed by atoms with Crippen LogP contribution in [0.1, 0.15) is 109 Å². The van der Waals surface area contributed by atoms with Crippen molar-refractivity contribution in [2.45, 2.75) is 117 Å². The summed E-state index contributed by atoms with van der Waals surface area (Å²) in [6.07, 6.45) is 4.79. The molecular formula is C66H66BN3. The van der Waals surface area contributed by atoms with Gasteiger partial charge in [-0.1, -0.05) is 188 Å². The molecule has 4 heteroatoms. The Morgan fingerprint density at radius 2 is 1.06 bits per heavy atom. The second kappa shape index (κ2) is 15.9. The minimum Gasteiger partial charge on any atom is -0.334 e. The summed E-state index contributed by atoms with van der Waals surface area (Å²) in [6.45, 7) is 23.9. The number of nitrogens with zero attached hydrogens (tertiary/aromatic N) is 3. The Morgan fingerprint density at radius 1 is 0.457 bits per heavy atom. The lowest BCUT2D eigenvalue weighted by Crippen LogP contribution is -2.61. The molecule has 1 fully saturated rings. The van der Waals surface area contributed by atoms with Crippen molar-refractivity contribution in [1.82, 2.24) is 0 Å². The van der Waals surface area contributed by atoms with Gasteiger partial charge in [0.05, 0.1) is 5.54 Å². The zero-order valence-electron chi connectivity index (χ0n) is 42.9. The van der Waals surface area contributed by atoms with Gasteiger partial charge in [-0.25, -0.2) is 0 Å². The molecule has 0 bridgehead atoms. The monoisotopic (exact) mass is 912 g/mol. The van der Waals surface area contributed by atoms with Gasteiger partial charge in [-0.2, -0.15) is 0 Å². The van der Waals surface area contributed by atoms with Crippen LogP contribution < -0.4 is 31.1 Å². The van der Waals surface area contributed by atoms with Crippen molar-refractivity contribution in [2.24, 2.45) is 0 Å². The summed E-state index contributed by atoms with van der Waals surface area (Å²) in [5.41, 5.74) is 25.6. The fraction of sp³-hybridized carbons (Fsp3) is 0.273. The summed E-state index contributed by atoms with van der Waals surface area (Å²) in [6, 6.07) is 65.3. The van der Waals surface area contributed by atoms with Gasteiger partial charge in [0.15, 0.2) is 0 Å². The maximum atomic E-state index is 2.83. The van der Waals surface area contributed by atoms with Gasteiger partial charge in [-0.05, 0) is 154 Å². The van der Waals surface area contributed by atoms with Crippen LogP contribution in [0.15, 0.2) is 170 Å². The van der Waals surface area contributed by atoms with E-state index in [0.29, 0.717) is 0 Å². The Morgan fingerprint density at radius 3 is 1.73 bits per heavy atom. The summed E-state index contributed by atoms with van der Waals surface area (Å²) >= 11 is 0. The highest BCUT2D eigenvalue weighted by Gasteiger charge is 2.58. The fourth-order valence-corrected chi connectivity index (χ4v) is 13.1. The van der Waals surface area contributed by atoms with Gasteiger partial charge in [0, 0.05) is 50.9 Å². The molecule has 0 amide bonds. The normalized spacial score (nSPS) is 19.1. The van der Waals surface area contributed by atoms with Crippen LogP contribution >= 0.6 is 0 Å². The molecular weight excluding hydrogens is 846 g/mol. The molecule has 1 saturated carbocycles. The first kappa shape index (κ1) is 44.4. The van der Waals surface area contributed by atoms with Crippen LogP contribution in [0, 0.1) is 13.8 Å². The van der Waals surface area contributed by atoms with E-state index in [1.807, 2.05) is 0 Å². The number of benzene rings is 8. The van der Waals surface area contributed by atoms with E-state index in [4.69, 9.17) is 0 Å². The smallest absolute Gasteiger partial charge is 0.252 e. The van der Waals surface area contributed by atoms with Crippen molar-refractivity contribution in [3.63, 3.8) is 0 Å². The lowest BCUT2D eigenvalue weighted by atomic mass is 9.33. The molecule has 0 N–H and O–H groups in total. The van der Waals surface area contributed by atoms with Gasteiger partial charge in [0.1, 0.15) is 0 Å². The molecule has 8 aromatic rings. The van der Waals surface area contributed by atoms with Crippen LogP contribution in [0.2, 0.25) is 0 Å². The molecule has 0 saturated heterocycles. The average Bonchev–Trinajstić information content (AvgIpc) is 3.56. The predicted octanol–water partition coefficient (Wildman–Crippen LogP) is 16.1. The Labute approximate surface area is 417 Å². The van der Waals surface area contributed by atoms with E-state index < -0.39 is 0 Å². The van der Waals surface area contributed by atoms with Gasteiger partial charge in [-0.3, -0.25) is 0 Å². The van der Waals surface area contributed by atoms with Crippen LogP contribution in [0.5, 0.6) is 0 Å². The van der Waals surface area contributed by atoms with E-state index in [-0.39, 0.29) is 28.5 Å². The maximum Gasteiger partial charge on any atom is 0.252 e. The predicted molar refractivity (Wildman–Crippen MR) is 301 cm³/mol. The van der Waals surface area contributed by atoms with Gasteiger partial charge in [0.25, 0.3) is 6.71 Å². The second-order valence-electron chi connectivity index (χ2n) is 23.5. The van der Waals surface area contributed by atoms with E-state index in [1.165, 1.54) is 126 Å². The Balaban J connectivity index is 1.21. The van der Waals surface area contributed by atoms with E-state index >= 15 is 0 Å². The first-order chi connectivity index (χ1) is 33.5. The van der Waals surface area contributed by atoms with Crippen molar-refractivity contribution in [2.75, 3.05) is 14.7 Å². The number of hydrogen-bond donors (Lipinski definition) is 0. The third-order valence-electron chi connectivity index (χ3n) is 17.0. The molecule has 0 aromatic heterocycles. The molecule has 3 aliphatic heterocycles. The van der Waals surface area contributed by atoms with Gasteiger partial charge in [0.2, 0.25) is 0 Å². The van der Waals surface area contributed by atoms with Gasteiger partial charge in [-0.15, -0.1) is 0 Å². The lowest BCUT2D eigenvalue weighted by Gasteiger charge is -2.51. The van der Waals surface area contributed by atoms with Crippen molar-refractivity contribution in [1.29, 1.82) is 0 Å². The summed E-state index contributed by atoms with van der Waals surface area (Å²) in [5, 5.41) is 0. The minimum atomic E-state index is -0.130. The highest BCUT2D eigenvalue weighted by molar-refractivity contribution is 7.00. The first-order valence-corrected chi connectivity index (χ1v) is 25.8. The molecule has 0 radical (unpaired) electrons. The molecule has 12 rings (SSSR count). The van der Waals surface area contributed by atoms with Crippen molar-refractivity contribution in [3.05, 3.63) is 198 Å². The molecule has 0 spiro atoms. The lowest BCUT2D eigenvalue weighted by molar-refractivity contribution is 0.195. The zero-order chi connectivity index (χ0) is 48.5. The number of rotatable bonds is 5. The molecule has 2 atom stereocenters. The number of hydrogen-bond acceptors (Lipinski definition) is 3. The second-order valence-corrected chi connectivity index (χ2v) is 23.5. The van der Waals surface area contributed by atoms with Crippen molar-refractivity contribution < 1.29 is 0 Å². The van der Waals surface area contributed by atoms with E-state index in [2.05, 4.69) is 254 Å². The van der Waals surface area contributed by atoms with Crippen LogP contribution in [-0.2, 0) is 16.2 Å². The van der Waals surface area contributed by atoms with Crippen LogP contribution in [-0.4, -0.2) is 12.3 Å². The summed E-state index contributed by atoms with van der Waals surface area (Å²) in [4.78, 5) is 8.09. The Hall–Kier alpha value is -6.78. The number of anilines is 8. The SMILES string of the molecule is Cc1cc(C)c2c(c1)C1(C)CCCCC1(C)N2c1cc2c3c(c1)N(c1cccc(C(C)(C)C)c1)c1cc(C(C)(C)C)ccc1B3c1cc(-c3ccccc3)ccc1N2c1ccc(-c2ccccc2)cc1.